The number of aryl methyl sites for hydroxylation is 1. The molecule has 0 aliphatic carbocycles. The lowest BCUT2D eigenvalue weighted by Crippen LogP contribution is -2.53. The number of hydrogen-bond acceptors (Lipinski definition) is 5. The van der Waals surface area contributed by atoms with E-state index in [1.807, 2.05) is 21.8 Å². The highest BCUT2D eigenvalue weighted by molar-refractivity contribution is 6.52. The van der Waals surface area contributed by atoms with Crippen LogP contribution in [0.25, 0.3) is 10.9 Å². The molecule has 1 unspecified atom stereocenters. The van der Waals surface area contributed by atoms with Crippen LogP contribution in [0, 0.1) is 6.92 Å². The minimum absolute atomic E-state index is 0.149. The fourth-order valence-electron chi connectivity index (χ4n) is 3.62. The summed E-state index contributed by atoms with van der Waals surface area (Å²) in [5.41, 5.74) is 8.51. The lowest BCUT2D eigenvalue weighted by molar-refractivity contribution is -0.136. The van der Waals surface area contributed by atoms with Gasteiger partial charge in [0.05, 0.1) is 10.9 Å². The summed E-state index contributed by atoms with van der Waals surface area (Å²) in [6.07, 6.45) is 0.149. The van der Waals surface area contributed by atoms with E-state index < -0.39 is 17.2 Å². The lowest BCUT2D eigenvalue weighted by Gasteiger charge is -2.38. The molecule has 0 spiro atoms. The summed E-state index contributed by atoms with van der Waals surface area (Å²) in [5.74, 6) is -0.408. The fourth-order valence-corrected chi connectivity index (χ4v) is 3.62. The van der Waals surface area contributed by atoms with Crippen molar-refractivity contribution in [3.05, 3.63) is 22.2 Å². The summed E-state index contributed by atoms with van der Waals surface area (Å²) < 4.78 is 1.37. The number of benzene rings is 1. The number of fused-ring (bicyclic) bond motifs is 1. The average Bonchev–Trinajstić information content (AvgIpc) is 2.46. The minimum atomic E-state index is -0.824. The van der Waals surface area contributed by atoms with E-state index in [2.05, 4.69) is 10.3 Å². The van der Waals surface area contributed by atoms with Crippen LogP contribution in [0.3, 0.4) is 0 Å². The monoisotopic (exact) mass is 334 g/mol. The number of rotatable bonds is 1. The van der Waals surface area contributed by atoms with Crippen molar-refractivity contribution in [2.45, 2.75) is 24.6 Å². The molecule has 1 aliphatic rings. The van der Waals surface area contributed by atoms with Crippen LogP contribution in [0.4, 0.5) is 5.69 Å². The number of amides is 2. The van der Waals surface area contributed by atoms with Gasteiger partial charge in [0.2, 0.25) is 11.8 Å². The van der Waals surface area contributed by atoms with Gasteiger partial charge in [-0.05, 0) is 18.2 Å². The summed E-state index contributed by atoms with van der Waals surface area (Å²) in [7, 11) is 7.36. The van der Waals surface area contributed by atoms with Gasteiger partial charge in [0, 0.05) is 12.1 Å². The van der Waals surface area contributed by atoms with E-state index in [0.29, 0.717) is 22.4 Å². The van der Waals surface area contributed by atoms with E-state index in [0.717, 1.165) is 10.9 Å². The van der Waals surface area contributed by atoms with Gasteiger partial charge >= 0.3 is 0 Å². The zero-order valence-corrected chi connectivity index (χ0v) is 15.1. The molecule has 0 saturated carbocycles. The number of piperidine rings is 1. The molecule has 1 fully saturated rings. The highest BCUT2D eigenvalue weighted by Crippen LogP contribution is 2.38. The summed E-state index contributed by atoms with van der Waals surface area (Å²) in [6, 6.07) is 1.01. The number of carbonyl (C=O) groups excluding carboxylic acids is 2. The van der Waals surface area contributed by atoms with E-state index in [1.165, 1.54) is 4.57 Å². The van der Waals surface area contributed by atoms with Gasteiger partial charge in [-0.15, -0.1) is 0 Å². The highest BCUT2D eigenvalue weighted by Gasteiger charge is 2.44. The van der Waals surface area contributed by atoms with Crippen LogP contribution in [-0.2, 0) is 9.59 Å². The molecule has 11 heteroatoms. The molecule has 2 aromatic rings. The van der Waals surface area contributed by atoms with E-state index >= 15 is 0 Å². The highest BCUT2D eigenvalue weighted by atomic mass is 16.2. The first kappa shape index (κ1) is 17.4. The van der Waals surface area contributed by atoms with Crippen LogP contribution in [-0.4, -0.2) is 52.8 Å². The maximum Gasteiger partial charge on any atom is 0.264 e. The molecule has 124 valence electrons. The number of anilines is 1. The van der Waals surface area contributed by atoms with Crippen molar-refractivity contribution in [3.8, 4) is 0 Å². The van der Waals surface area contributed by atoms with Crippen molar-refractivity contribution in [1.29, 1.82) is 0 Å². The van der Waals surface area contributed by atoms with Crippen LogP contribution >= 0.6 is 0 Å². The number of carbonyl (C=O) groups is 2. The molecule has 0 radical (unpaired) electrons. The SMILES string of the molecule is Bc1cc2nc(C)n(C3C(=O)NC(=O)CC3(B)B)c(=O)c2c(N)c1B. The second-order valence-electron chi connectivity index (χ2n) is 7.44. The molecule has 7 nitrogen and oxygen atoms in total. The summed E-state index contributed by atoms with van der Waals surface area (Å²) in [4.78, 5) is 42.0. The van der Waals surface area contributed by atoms with Gasteiger partial charge in [0.25, 0.3) is 5.56 Å². The molecule has 1 aromatic heterocycles. The Balaban J connectivity index is 2.36. The molecule has 3 rings (SSSR count). The first-order valence-corrected chi connectivity index (χ1v) is 8.17. The van der Waals surface area contributed by atoms with Crippen LogP contribution in [0.1, 0.15) is 18.3 Å². The van der Waals surface area contributed by atoms with Crippen molar-refractivity contribution in [3.63, 3.8) is 0 Å². The Hall–Kier alpha value is -2.44. The van der Waals surface area contributed by atoms with E-state index in [4.69, 9.17) is 5.73 Å². The second-order valence-corrected chi connectivity index (χ2v) is 7.44. The Morgan fingerprint density at radius 3 is 2.56 bits per heavy atom. The standard InChI is InChI=1S/C14H18B4N4O3/c1-4-20-6-2-5(15)9(16)10(19)8(6)13(25)22(4)11-12(24)21-7(23)3-14(11,17)18/h2,11H,3,15-19H2,1H3,(H,21,23,24). The Morgan fingerprint density at radius 1 is 1.32 bits per heavy atom. The van der Waals surface area contributed by atoms with Crippen molar-refractivity contribution in [1.82, 2.24) is 14.9 Å². The molecule has 1 aliphatic heterocycles. The number of aromatic nitrogens is 2. The first-order valence-electron chi connectivity index (χ1n) is 8.17. The second kappa shape index (κ2) is 5.54. The van der Waals surface area contributed by atoms with Crippen LogP contribution in [0.5, 0.6) is 0 Å². The molecular formula is C14H18B4N4O3. The molecule has 1 saturated heterocycles. The van der Waals surface area contributed by atoms with E-state index in [9.17, 15) is 14.4 Å². The zero-order valence-electron chi connectivity index (χ0n) is 15.1. The number of nitrogens with two attached hydrogens (primary N) is 1. The maximum absolute atomic E-state index is 13.2. The summed E-state index contributed by atoms with van der Waals surface area (Å²) in [6.45, 7) is 1.69. The number of nitrogens with zero attached hydrogens (tertiary/aromatic N) is 2. The molecule has 2 amide bonds. The van der Waals surface area contributed by atoms with Gasteiger partial charge in [-0.2, -0.15) is 0 Å². The zero-order chi connectivity index (χ0) is 18.7. The smallest absolute Gasteiger partial charge is 0.264 e. The molecule has 0 bridgehead atoms. The maximum atomic E-state index is 13.2. The minimum Gasteiger partial charge on any atom is -0.398 e. The normalized spacial score (nSPS) is 19.8. The van der Waals surface area contributed by atoms with Crippen LogP contribution in [0.15, 0.2) is 10.9 Å². The number of nitrogen functional groups attached to an aromatic ring is 1. The Kier molecular flexibility index (Phi) is 3.85. The number of hydrogen-bond donors (Lipinski definition) is 2. The first-order chi connectivity index (χ1) is 11.5. The quantitative estimate of drug-likeness (QED) is 0.308. The number of imide groups is 1. The van der Waals surface area contributed by atoms with Gasteiger partial charge < -0.3 is 5.73 Å². The van der Waals surface area contributed by atoms with Gasteiger partial charge in [-0.3, -0.25) is 24.3 Å². The third-order valence-electron chi connectivity index (χ3n) is 5.06. The van der Waals surface area contributed by atoms with Crippen molar-refractivity contribution < 1.29 is 9.59 Å². The van der Waals surface area contributed by atoms with Crippen molar-refractivity contribution in [2.24, 2.45) is 0 Å². The molecule has 2 heterocycles. The van der Waals surface area contributed by atoms with Gasteiger partial charge in [0.1, 0.15) is 43.3 Å². The third-order valence-corrected chi connectivity index (χ3v) is 5.06. The average molecular weight is 334 g/mol. The lowest BCUT2D eigenvalue weighted by atomic mass is 9.47. The van der Waals surface area contributed by atoms with Gasteiger partial charge in [-0.25, -0.2) is 4.98 Å². The van der Waals surface area contributed by atoms with Crippen molar-refractivity contribution >= 4 is 70.7 Å². The van der Waals surface area contributed by atoms with Crippen LogP contribution in [0.2, 0.25) is 5.21 Å². The van der Waals surface area contributed by atoms with Crippen LogP contribution < -0.4 is 27.5 Å². The largest absolute Gasteiger partial charge is 0.398 e. The Bertz CT molecular complexity index is 1000. The molecule has 3 N–H and O–H groups in total. The summed E-state index contributed by atoms with van der Waals surface area (Å²) >= 11 is 0. The van der Waals surface area contributed by atoms with Gasteiger partial charge in [-0.1, -0.05) is 10.9 Å². The third kappa shape index (κ3) is 2.58. The van der Waals surface area contributed by atoms with Gasteiger partial charge in [0.15, 0.2) is 0 Å². The molecular weight excluding hydrogens is 315 g/mol. The van der Waals surface area contributed by atoms with Crippen molar-refractivity contribution in [2.75, 3.05) is 5.73 Å². The predicted octanol–water partition coefficient (Wildman–Crippen LogP) is -5.23. The topological polar surface area (TPSA) is 107 Å². The Morgan fingerprint density at radius 2 is 1.96 bits per heavy atom. The van der Waals surface area contributed by atoms with E-state index in [1.54, 1.807) is 22.6 Å². The molecule has 1 atom stereocenters. The summed E-state index contributed by atoms with van der Waals surface area (Å²) in [5, 5.41) is 1.93. The Labute approximate surface area is 148 Å². The molecule has 25 heavy (non-hydrogen) atoms. The fraction of sp³-hybridized carbons (Fsp3) is 0.286. The van der Waals surface area contributed by atoms with E-state index in [-0.39, 0.29) is 17.9 Å². The number of nitrogens with one attached hydrogen (secondary N) is 1. The predicted molar refractivity (Wildman–Crippen MR) is 108 cm³/mol. The molecule has 1 aromatic carbocycles.